The molecule has 0 spiro atoms. The number of thioether (sulfide) groups is 1. The van der Waals surface area contributed by atoms with E-state index in [2.05, 4.69) is 25.3 Å². The van der Waals surface area contributed by atoms with Crippen molar-refractivity contribution in [3.8, 4) is 0 Å². The van der Waals surface area contributed by atoms with Crippen LogP contribution in [-0.4, -0.2) is 31.6 Å². The Hall–Kier alpha value is -2.65. The molecule has 0 radical (unpaired) electrons. The van der Waals surface area contributed by atoms with E-state index < -0.39 is 0 Å². The van der Waals surface area contributed by atoms with Gasteiger partial charge in [-0.2, -0.15) is 0 Å². The Morgan fingerprint density at radius 2 is 2.12 bits per heavy atom. The summed E-state index contributed by atoms with van der Waals surface area (Å²) in [5, 5.41) is 3.36. The van der Waals surface area contributed by atoms with Crippen molar-refractivity contribution < 1.29 is 4.79 Å². The molecule has 0 aliphatic carbocycles. The Labute approximate surface area is 156 Å². The molecule has 4 aromatic rings. The van der Waals surface area contributed by atoms with Gasteiger partial charge in [0, 0.05) is 4.88 Å². The number of hydrogen-bond acceptors (Lipinski definition) is 6. The molecule has 9 heteroatoms. The minimum atomic E-state index is -0.163. The third-order valence-electron chi connectivity index (χ3n) is 3.69. The highest BCUT2D eigenvalue weighted by molar-refractivity contribution is 7.99. The minimum absolute atomic E-state index is 0.137. The number of para-hydroxylation sites is 2. The van der Waals surface area contributed by atoms with E-state index in [4.69, 9.17) is 0 Å². The van der Waals surface area contributed by atoms with E-state index in [9.17, 15) is 9.59 Å². The maximum absolute atomic E-state index is 12.1. The number of hydrogen-bond donors (Lipinski definition) is 3. The van der Waals surface area contributed by atoms with E-state index in [0.29, 0.717) is 22.9 Å². The van der Waals surface area contributed by atoms with Crippen molar-refractivity contribution in [2.24, 2.45) is 0 Å². The molecule has 7 nitrogen and oxygen atoms in total. The van der Waals surface area contributed by atoms with Crippen LogP contribution in [0.5, 0.6) is 0 Å². The fraction of sp³-hybridized carbons (Fsp3) is 0.176. The average Bonchev–Trinajstić information content (AvgIpc) is 3.17. The zero-order valence-electron chi connectivity index (χ0n) is 13.8. The summed E-state index contributed by atoms with van der Waals surface area (Å²) in [7, 11) is 0. The lowest BCUT2D eigenvalue weighted by Gasteiger charge is -2.02. The molecule has 0 atom stereocenters. The van der Waals surface area contributed by atoms with Gasteiger partial charge in [-0.3, -0.25) is 14.9 Å². The summed E-state index contributed by atoms with van der Waals surface area (Å²) in [6.45, 7) is 1.95. The number of aryl methyl sites for hydroxylation is 1. The molecule has 0 aliphatic heterocycles. The molecular weight excluding hydrogens is 370 g/mol. The van der Waals surface area contributed by atoms with Crippen LogP contribution in [0.2, 0.25) is 0 Å². The Kier molecular flexibility index (Phi) is 4.48. The number of thiophene rings is 1. The third kappa shape index (κ3) is 3.49. The van der Waals surface area contributed by atoms with Gasteiger partial charge in [-0.1, -0.05) is 12.1 Å². The Morgan fingerprint density at radius 1 is 1.27 bits per heavy atom. The van der Waals surface area contributed by atoms with E-state index in [-0.39, 0.29) is 17.2 Å². The molecule has 0 aliphatic rings. The molecule has 1 aromatic carbocycles. The standard InChI is InChI=1S/C17H15N5O2S2/c1-9-6-10-15(24)20-13(21-16(10)26-9)7-25-8-14(23)22-17-18-11-4-2-3-5-12(11)19-17/h2-6H,7-8H2,1H3,(H,20,21,24)(H2,18,19,22,23). The number of nitrogens with one attached hydrogen (secondary N) is 3. The summed E-state index contributed by atoms with van der Waals surface area (Å²) in [5.74, 6) is 1.53. The van der Waals surface area contributed by atoms with Gasteiger partial charge in [0.15, 0.2) is 0 Å². The van der Waals surface area contributed by atoms with Crippen molar-refractivity contribution in [2.45, 2.75) is 12.7 Å². The monoisotopic (exact) mass is 385 g/mol. The minimum Gasteiger partial charge on any atom is -0.324 e. The van der Waals surface area contributed by atoms with E-state index in [0.717, 1.165) is 20.7 Å². The number of imidazole rings is 1. The van der Waals surface area contributed by atoms with Crippen LogP contribution in [0.25, 0.3) is 21.3 Å². The maximum atomic E-state index is 12.1. The maximum Gasteiger partial charge on any atom is 0.259 e. The van der Waals surface area contributed by atoms with Gasteiger partial charge in [0.25, 0.3) is 5.56 Å². The van der Waals surface area contributed by atoms with Gasteiger partial charge in [0.2, 0.25) is 11.9 Å². The van der Waals surface area contributed by atoms with E-state index in [1.165, 1.54) is 23.1 Å². The molecule has 0 fully saturated rings. The van der Waals surface area contributed by atoms with Crippen molar-refractivity contribution in [2.75, 3.05) is 11.1 Å². The molecule has 0 saturated carbocycles. The van der Waals surface area contributed by atoms with Gasteiger partial charge in [0.05, 0.1) is 27.9 Å². The van der Waals surface area contributed by atoms with Gasteiger partial charge >= 0.3 is 0 Å². The Balaban J connectivity index is 1.36. The van der Waals surface area contributed by atoms with E-state index >= 15 is 0 Å². The van der Waals surface area contributed by atoms with Crippen LogP contribution in [0.1, 0.15) is 10.7 Å². The number of H-pyrrole nitrogens is 2. The number of anilines is 1. The normalized spacial score (nSPS) is 11.3. The first-order valence-electron chi connectivity index (χ1n) is 7.90. The van der Waals surface area contributed by atoms with Gasteiger partial charge in [-0.05, 0) is 25.1 Å². The fourth-order valence-corrected chi connectivity index (χ4v) is 4.17. The van der Waals surface area contributed by atoms with Crippen LogP contribution in [0.3, 0.4) is 0 Å². The second-order valence-corrected chi connectivity index (χ2v) is 7.95. The predicted molar refractivity (Wildman–Crippen MR) is 106 cm³/mol. The first-order valence-corrected chi connectivity index (χ1v) is 9.87. The second-order valence-electron chi connectivity index (χ2n) is 5.73. The molecule has 1 amide bonds. The number of carbonyl (C=O) groups excluding carboxylic acids is 1. The molecule has 3 heterocycles. The number of amides is 1. The zero-order valence-corrected chi connectivity index (χ0v) is 15.5. The van der Waals surface area contributed by atoms with Crippen LogP contribution in [0.4, 0.5) is 5.95 Å². The second kappa shape index (κ2) is 6.93. The van der Waals surface area contributed by atoms with Crippen molar-refractivity contribution >= 4 is 56.2 Å². The van der Waals surface area contributed by atoms with Crippen LogP contribution < -0.4 is 10.9 Å². The summed E-state index contributed by atoms with van der Waals surface area (Å²) in [4.78, 5) is 40.5. The lowest BCUT2D eigenvalue weighted by atomic mass is 10.3. The van der Waals surface area contributed by atoms with Crippen molar-refractivity contribution in [3.05, 3.63) is 51.4 Å². The summed E-state index contributed by atoms with van der Waals surface area (Å²) in [5.41, 5.74) is 1.54. The molecule has 3 N–H and O–H groups in total. The summed E-state index contributed by atoms with van der Waals surface area (Å²) in [6, 6.07) is 9.41. The number of benzene rings is 1. The van der Waals surface area contributed by atoms with Crippen molar-refractivity contribution in [1.82, 2.24) is 19.9 Å². The van der Waals surface area contributed by atoms with Crippen molar-refractivity contribution in [1.29, 1.82) is 0 Å². The predicted octanol–water partition coefficient (Wildman–Crippen LogP) is 3.04. The van der Waals surface area contributed by atoms with E-state index in [1.54, 1.807) is 0 Å². The van der Waals surface area contributed by atoms with Gasteiger partial charge in [-0.15, -0.1) is 23.1 Å². The highest BCUT2D eigenvalue weighted by atomic mass is 32.2. The quantitative estimate of drug-likeness (QED) is 0.490. The van der Waals surface area contributed by atoms with E-state index in [1.807, 2.05) is 37.3 Å². The first kappa shape index (κ1) is 16.8. The van der Waals surface area contributed by atoms with Crippen LogP contribution in [0, 0.1) is 6.92 Å². The fourth-order valence-electron chi connectivity index (χ4n) is 2.59. The highest BCUT2D eigenvalue weighted by Gasteiger charge is 2.10. The Bertz CT molecular complexity index is 1130. The number of fused-ring (bicyclic) bond motifs is 2. The number of rotatable bonds is 5. The van der Waals surface area contributed by atoms with Crippen molar-refractivity contribution in [3.63, 3.8) is 0 Å². The highest BCUT2D eigenvalue weighted by Crippen LogP contribution is 2.21. The molecular formula is C17H15N5O2S2. The Morgan fingerprint density at radius 3 is 2.96 bits per heavy atom. The third-order valence-corrected chi connectivity index (χ3v) is 5.58. The van der Waals surface area contributed by atoms with Crippen LogP contribution >= 0.6 is 23.1 Å². The molecule has 26 heavy (non-hydrogen) atoms. The number of carbonyl (C=O) groups is 1. The number of aromatic amines is 2. The lowest BCUT2D eigenvalue weighted by molar-refractivity contribution is -0.113. The molecule has 4 rings (SSSR count). The zero-order chi connectivity index (χ0) is 18.1. The number of aromatic nitrogens is 4. The summed E-state index contributed by atoms with van der Waals surface area (Å²) < 4.78 is 0. The summed E-state index contributed by atoms with van der Waals surface area (Å²) in [6.07, 6.45) is 0. The molecule has 0 saturated heterocycles. The molecule has 0 unspecified atom stereocenters. The first-order chi connectivity index (χ1) is 12.6. The SMILES string of the molecule is Cc1cc2c(=O)[nH]c(CSCC(=O)Nc3nc4ccccc4[nH]3)nc2s1. The topological polar surface area (TPSA) is 104 Å². The van der Waals surface area contributed by atoms with Gasteiger partial charge in [0.1, 0.15) is 10.7 Å². The van der Waals surface area contributed by atoms with Crippen LogP contribution in [0.15, 0.2) is 35.1 Å². The summed E-state index contributed by atoms with van der Waals surface area (Å²) >= 11 is 2.87. The number of nitrogens with zero attached hydrogens (tertiary/aromatic N) is 2. The smallest absolute Gasteiger partial charge is 0.259 e. The van der Waals surface area contributed by atoms with Gasteiger partial charge < -0.3 is 9.97 Å². The average molecular weight is 385 g/mol. The molecule has 3 aromatic heterocycles. The van der Waals surface area contributed by atoms with Gasteiger partial charge in [-0.25, -0.2) is 9.97 Å². The molecule has 132 valence electrons. The van der Waals surface area contributed by atoms with Crippen LogP contribution in [-0.2, 0) is 10.5 Å². The largest absolute Gasteiger partial charge is 0.324 e. The lowest BCUT2D eigenvalue weighted by Crippen LogP contribution is -2.16. The molecule has 0 bridgehead atoms.